The van der Waals surface area contributed by atoms with Crippen molar-refractivity contribution in [1.29, 1.82) is 0 Å². The van der Waals surface area contributed by atoms with Crippen LogP contribution in [-0.2, 0) is 10.0 Å². The normalized spacial score (nSPS) is 12.7. The zero-order valence-corrected chi connectivity index (χ0v) is 16.9. The minimum Gasteiger partial charge on any atom is -0.350 e. The molecular formula is C20H27N3O3S. The summed E-state index contributed by atoms with van der Waals surface area (Å²) < 4.78 is 25.4. The molecule has 1 amide bonds. The number of hydrogen-bond donors (Lipinski definition) is 3. The first-order valence-electron chi connectivity index (χ1n) is 8.79. The maximum atomic E-state index is 12.6. The zero-order valence-electron chi connectivity index (χ0n) is 16.1. The van der Waals surface area contributed by atoms with Gasteiger partial charge in [-0.3, -0.25) is 9.52 Å². The molecule has 2 aromatic rings. The van der Waals surface area contributed by atoms with Crippen LogP contribution in [0.1, 0.15) is 52.9 Å². The SMILES string of the molecule is Cc1ccc(NS(C)(=O)=O)c(C(=O)NCC(N)c2ccc(C(C)C)cc2)c1. The van der Waals surface area contributed by atoms with Crippen molar-refractivity contribution in [3.05, 3.63) is 64.7 Å². The molecule has 27 heavy (non-hydrogen) atoms. The molecule has 0 aliphatic carbocycles. The number of benzene rings is 2. The minimum atomic E-state index is -3.49. The van der Waals surface area contributed by atoms with Crippen molar-refractivity contribution >= 4 is 21.6 Å². The van der Waals surface area contributed by atoms with E-state index in [0.29, 0.717) is 5.92 Å². The summed E-state index contributed by atoms with van der Waals surface area (Å²) in [6.07, 6.45) is 1.05. The van der Waals surface area contributed by atoms with Gasteiger partial charge in [0.05, 0.1) is 17.5 Å². The number of sulfonamides is 1. The highest BCUT2D eigenvalue weighted by Gasteiger charge is 2.16. The van der Waals surface area contributed by atoms with Gasteiger partial charge in [-0.1, -0.05) is 49.7 Å². The smallest absolute Gasteiger partial charge is 0.253 e. The van der Waals surface area contributed by atoms with E-state index in [-0.39, 0.29) is 29.7 Å². The van der Waals surface area contributed by atoms with Crippen molar-refractivity contribution in [2.24, 2.45) is 5.73 Å². The van der Waals surface area contributed by atoms with E-state index in [4.69, 9.17) is 5.73 Å². The van der Waals surface area contributed by atoms with Gasteiger partial charge in [-0.2, -0.15) is 0 Å². The summed E-state index contributed by atoms with van der Waals surface area (Å²) in [5.74, 6) is 0.0659. The minimum absolute atomic E-state index is 0.242. The van der Waals surface area contributed by atoms with E-state index in [0.717, 1.165) is 17.4 Å². The molecule has 0 bridgehead atoms. The molecular weight excluding hydrogens is 362 g/mol. The number of nitrogens with one attached hydrogen (secondary N) is 2. The lowest BCUT2D eigenvalue weighted by Gasteiger charge is -2.16. The first-order chi connectivity index (χ1) is 12.6. The van der Waals surface area contributed by atoms with Gasteiger partial charge in [-0.05, 0) is 36.1 Å². The van der Waals surface area contributed by atoms with Crippen LogP contribution >= 0.6 is 0 Å². The van der Waals surface area contributed by atoms with Crippen LogP contribution in [0.25, 0.3) is 0 Å². The first kappa shape index (κ1) is 20.9. The van der Waals surface area contributed by atoms with Gasteiger partial charge in [0.15, 0.2) is 0 Å². The third-order valence-electron chi connectivity index (χ3n) is 4.23. The van der Waals surface area contributed by atoms with Gasteiger partial charge in [0.25, 0.3) is 5.91 Å². The highest BCUT2D eigenvalue weighted by atomic mass is 32.2. The summed E-state index contributed by atoms with van der Waals surface area (Å²) in [5, 5.41) is 2.79. The fraction of sp³-hybridized carbons (Fsp3) is 0.350. The number of carbonyl (C=O) groups is 1. The summed E-state index contributed by atoms with van der Waals surface area (Å²) in [7, 11) is -3.49. The average molecular weight is 390 g/mol. The first-order valence-corrected chi connectivity index (χ1v) is 10.7. The van der Waals surface area contributed by atoms with E-state index in [9.17, 15) is 13.2 Å². The summed E-state index contributed by atoms with van der Waals surface area (Å²) in [4.78, 5) is 12.6. The molecule has 2 rings (SSSR count). The fourth-order valence-electron chi connectivity index (χ4n) is 2.68. The number of amides is 1. The lowest BCUT2D eigenvalue weighted by molar-refractivity contribution is 0.0952. The van der Waals surface area contributed by atoms with Crippen LogP contribution in [0.5, 0.6) is 0 Å². The highest BCUT2D eigenvalue weighted by Crippen LogP contribution is 2.20. The molecule has 146 valence electrons. The van der Waals surface area contributed by atoms with Crippen molar-refractivity contribution in [2.75, 3.05) is 17.5 Å². The Hall–Kier alpha value is -2.38. The highest BCUT2D eigenvalue weighted by molar-refractivity contribution is 7.92. The third kappa shape index (κ3) is 6.08. The molecule has 0 fully saturated rings. The summed E-state index contributed by atoms with van der Waals surface area (Å²) in [5.41, 5.74) is 9.71. The van der Waals surface area contributed by atoms with Crippen LogP contribution in [0.2, 0.25) is 0 Å². The van der Waals surface area contributed by atoms with Gasteiger partial charge in [0.2, 0.25) is 10.0 Å². The van der Waals surface area contributed by atoms with Crippen LogP contribution in [0.4, 0.5) is 5.69 Å². The number of rotatable bonds is 7. The molecule has 0 saturated carbocycles. The Kier molecular flexibility index (Phi) is 6.62. The molecule has 2 aromatic carbocycles. The van der Waals surface area contributed by atoms with Crippen molar-refractivity contribution < 1.29 is 13.2 Å². The van der Waals surface area contributed by atoms with Crippen LogP contribution in [0.15, 0.2) is 42.5 Å². The van der Waals surface area contributed by atoms with Gasteiger partial charge in [-0.15, -0.1) is 0 Å². The third-order valence-corrected chi connectivity index (χ3v) is 4.82. The molecule has 6 nitrogen and oxygen atoms in total. The van der Waals surface area contributed by atoms with Crippen molar-refractivity contribution in [3.8, 4) is 0 Å². The van der Waals surface area contributed by atoms with E-state index in [1.165, 1.54) is 5.56 Å². The van der Waals surface area contributed by atoms with Crippen molar-refractivity contribution in [2.45, 2.75) is 32.7 Å². The zero-order chi connectivity index (χ0) is 20.2. The number of nitrogens with two attached hydrogens (primary N) is 1. The lowest BCUT2D eigenvalue weighted by atomic mass is 9.99. The van der Waals surface area contributed by atoms with E-state index in [1.807, 2.05) is 31.2 Å². The Balaban J connectivity index is 2.10. The van der Waals surface area contributed by atoms with Gasteiger partial charge in [0, 0.05) is 12.6 Å². The lowest BCUT2D eigenvalue weighted by Crippen LogP contribution is -2.32. The maximum Gasteiger partial charge on any atom is 0.253 e. The predicted molar refractivity (Wildman–Crippen MR) is 109 cm³/mol. The standard InChI is InChI=1S/C20H27N3O3S/c1-13(2)15-6-8-16(9-7-15)18(21)12-22-20(24)17-11-14(3)5-10-19(17)23-27(4,25)26/h5-11,13,18,23H,12,21H2,1-4H3,(H,22,24). The Labute approximate surface area is 161 Å². The molecule has 0 radical (unpaired) electrons. The molecule has 0 aromatic heterocycles. The van der Waals surface area contributed by atoms with Gasteiger partial charge < -0.3 is 11.1 Å². The van der Waals surface area contributed by atoms with Crippen molar-refractivity contribution in [1.82, 2.24) is 5.32 Å². The number of anilines is 1. The summed E-state index contributed by atoms with van der Waals surface area (Å²) >= 11 is 0. The number of aryl methyl sites for hydroxylation is 1. The Morgan fingerprint density at radius 3 is 2.22 bits per heavy atom. The molecule has 0 aliphatic heterocycles. The number of carbonyl (C=O) groups excluding carboxylic acids is 1. The molecule has 0 heterocycles. The second-order valence-electron chi connectivity index (χ2n) is 7.06. The Morgan fingerprint density at radius 1 is 1.07 bits per heavy atom. The molecule has 0 aliphatic rings. The van der Waals surface area contributed by atoms with Crippen LogP contribution in [0.3, 0.4) is 0 Å². The second-order valence-corrected chi connectivity index (χ2v) is 8.81. The quantitative estimate of drug-likeness (QED) is 0.678. The largest absolute Gasteiger partial charge is 0.350 e. The van der Waals surface area contributed by atoms with Crippen LogP contribution in [0, 0.1) is 6.92 Å². The second kappa shape index (κ2) is 8.54. The predicted octanol–water partition coefficient (Wildman–Crippen LogP) is 2.92. The van der Waals surface area contributed by atoms with Crippen LogP contribution in [-0.4, -0.2) is 27.1 Å². The van der Waals surface area contributed by atoms with E-state index in [2.05, 4.69) is 23.9 Å². The average Bonchev–Trinajstić information content (AvgIpc) is 2.59. The van der Waals surface area contributed by atoms with Gasteiger partial charge in [-0.25, -0.2) is 8.42 Å². The van der Waals surface area contributed by atoms with E-state index in [1.54, 1.807) is 18.2 Å². The molecule has 0 spiro atoms. The fourth-order valence-corrected chi connectivity index (χ4v) is 3.26. The molecule has 1 atom stereocenters. The monoisotopic (exact) mass is 389 g/mol. The van der Waals surface area contributed by atoms with Crippen LogP contribution < -0.4 is 15.8 Å². The van der Waals surface area contributed by atoms with E-state index >= 15 is 0 Å². The molecule has 0 saturated heterocycles. The van der Waals surface area contributed by atoms with Gasteiger partial charge in [0.1, 0.15) is 0 Å². The molecule has 7 heteroatoms. The maximum absolute atomic E-state index is 12.6. The number of hydrogen-bond acceptors (Lipinski definition) is 4. The Morgan fingerprint density at radius 2 is 1.67 bits per heavy atom. The van der Waals surface area contributed by atoms with Crippen molar-refractivity contribution in [3.63, 3.8) is 0 Å². The molecule has 4 N–H and O–H groups in total. The van der Waals surface area contributed by atoms with Gasteiger partial charge >= 0.3 is 0 Å². The Bertz CT molecular complexity index is 907. The molecule has 1 unspecified atom stereocenters. The topological polar surface area (TPSA) is 101 Å². The summed E-state index contributed by atoms with van der Waals surface area (Å²) in [6.45, 7) is 6.33. The van der Waals surface area contributed by atoms with E-state index < -0.39 is 10.0 Å². The summed E-state index contributed by atoms with van der Waals surface area (Å²) in [6, 6.07) is 12.6.